The molecule has 10 heteroatoms. The molecule has 3 fully saturated rings. The molecule has 0 radical (unpaired) electrons. The molecule has 2 N–H and O–H groups in total. The van der Waals surface area contributed by atoms with Gasteiger partial charge in [0.2, 0.25) is 5.95 Å². The summed E-state index contributed by atoms with van der Waals surface area (Å²) >= 11 is 0. The van der Waals surface area contributed by atoms with E-state index in [1.54, 1.807) is 15.6 Å². The number of anilines is 2. The van der Waals surface area contributed by atoms with Crippen molar-refractivity contribution in [1.29, 1.82) is 0 Å². The van der Waals surface area contributed by atoms with Crippen molar-refractivity contribution in [2.75, 3.05) is 18.5 Å². The number of aromatic nitrogens is 5. The lowest BCUT2D eigenvalue weighted by Crippen LogP contribution is -2.36. The van der Waals surface area contributed by atoms with Gasteiger partial charge in [-0.05, 0) is 68.2 Å². The van der Waals surface area contributed by atoms with E-state index in [-0.39, 0.29) is 23.2 Å². The van der Waals surface area contributed by atoms with Crippen LogP contribution >= 0.6 is 0 Å². The van der Waals surface area contributed by atoms with E-state index in [1.165, 1.54) is 30.2 Å². The Morgan fingerprint density at radius 3 is 2.81 bits per heavy atom. The largest absolute Gasteiger partial charge is 0.430 e. The van der Waals surface area contributed by atoms with Gasteiger partial charge in [-0.15, -0.1) is 0 Å². The molecule has 0 bridgehead atoms. The molecule has 4 aliphatic rings. The summed E-state index contributed by atoms with van der Waals surface area (Å²) in [6.45, 7) is 0.525. The van der Waals surface area contributed by atoms with Gasteiger partial charge in [0.1, 0.15) is 18.3 Å². The molecule has 8 rings (SSSR count). The molecule has 0 unspecified atom stereocenters. The zero-order valence-corrected chi connectivity index (χ0v) is 19.8. The summed E-state index contributed by atoms with van der Waals surface area (Å²) in [5, 5.41) is 7.40. The molecule has 1 spiro atoms. The van der Waals surface area contributed by atoms with E-state index >= 15 is 0 Å². The molecule has 3 aromatic heterocycles. The maximum atomic E-state index is 13.6. The van der Waals surface area contributed by atoms with Crippen LogP contribution in [0.3, 0.4) is 0 Å². The first kappa shape index (κ1) is 20.6. The van der Waals surface area contributed by atoms with Gasteiger partial charge in [-0.25, -0.2) is 9.67 Å². The molecule has 0 atom stereocenters. The normalized spacial score (nSPS) is 21.0. The minimum absolute atomic E-state index is 0.0681. The average Bonchev–Trinajstić information content (AvgIpc) is 3.83. The third kappa shape index (κ3) is 2.97. The standard InChI is InChI=1S/C26H26FN7O2/c27-14-25(6-7-25)20-13-36-24(31-20)34-21-18(22(35)33(34)17-2-3-17)12-28-23(32-21)30-16-1-4-19-15(11-16)5-10-29-26(19)8-9-26/h1,4,11-13,17,29H,2-3,5-10,14H2,(H,28,30,32). The zero-order valence-electron chi connectivity index (χ0n) is 19.8. The average molecular weight is 488 g/mol. The SMILES string of the molecule is O=c1c2cnc(Nc3ccc4c(c3)CCNC43CC3)nc2n(-c2nc(C3(CF)CC3)co2)n1C1CC1. The van der Waals surface area contributed by atoms with Gasteiger partial charge in [0.05, 0.1) is 11.7 Å². The van der Waals surface area contributed by atoms with Gasteiger partial charge in [0, 0.05) is 29.4 Å². The Bertz CT molecular complexity index is 1590. The first-order valence-electron chi connectivity index (χ1n) is 12.8. The van der Waals surface area contributed by atoms with Crippen molar-refractivity contribution in [1.82, 2.24) is 29.6 Å². The summed E-state index contributed by atoms with van der Waals surface area (Å²) in [6, 6.07) is 6.75. The monoisotopic (exact) mass is 487 g/mol. The van der Waals surface area contributed by atoms with Gasteiger partial charge < -0.3 is 15.1 Å². The Morgan fingerprint density at radius 2 is 2.06 bits per heavy atom. The van der Waals surface area contributed by atoms with E-state index in [0.717, 1.165) is 44.3 Å². The predicted octanol–water partition coefficient (Wildman–Crippen LogP) is 3.78. The highest BCUT2D eigenvalue weighted by molar-refractivity contribution is 5.76. The zero-order chi connectivity index (χ0) is 24.1. The van der Waals surface area contributed by atoms with E-state index in [1.807, 2.05) is 0 Å². The smallest absolute Gasteiger partial charge is 0.323 e. The van der Waals surface area contributed by atoms with Crippen LogP contribution in [0.2, 0.25) is 0 Å². The number of halogens is 1. The number of rotatable bonds is 6. The molecule has 4 aromatic rings. The second-order valence-electron chi connectivity index (χ2n) is 10.8. The van der Waals surface area contributed by atoms with Crippen molar-refractivity contribution < 1.29 is 8.81 Å². The van der Waals surface area contributed by atoms with Crippen LogP contribution in [0.1, 0.15) is 61.4 Å². The lowest BCUT2D eigenvalue weighted by molar-refractivity contribution is 0.411. The fourth-order valence-electron chi connectivity index (χ4n) is 5.68. The summed E-state index contributed by atoms with van der Waals surface area (Å²) in [5.74, 6) is 0.397. The molecule has 3 aliphatic carbocycles. The number of fused-ring (bicyclic) bond motifs is 3. The van der Waals surface area contributed by atoms with Gasteiger partial charge in [-0.1, -0.05) is 6.07 Å². The van der Waals surface area contributed by atoms with Gasteiger partial charge in [-0.2, -0.15) is 14.6 Å². The Balaban J connectivity index is 1.20. The molecule has 3 saturated carbocycles. The number of nitrogens with one attached hydrogen (secondary N) is 2. The highest BCUT2D eigenvalue weighted by Crippen LogP contribution is 2.49. The molecule has 36 heavy (non-hydrogen) atoms. The molecular formula is C26H26FN7O2. The van der Waals surface area contributed by atoms with Crippen molar-refractivity contribution in [2.24, 2.45) is 0 Å². The number of hydrogen-bond acceptors (Lipinski definition) is 7. The first-order chi connectivity index (χ1) is 17.6. The van der Waals surface area contributed by atoms with Crippen LogP contribution in [0.4, 0.5) is 16.0 Å². The lowest BCUT2D eigenvalue weighted by atomic mass is 9.92. The highest BCUT2D eigenvalue weighted by atomic mass is 19.1. The summed E-state index contributed by atoms with van der Waals surface area (Å²) in [4.78, 5) is 27.1. The predicted molar refractivity (Wildman–Crippen MR) is 131 cm³/mol. The van der Waals surface area contributed by atoms with Gasteiger partial charge in [0.15, 0.2) is 5.65 Å². The second-order valence-corrected chi connectivity index (χ2v) is 10.8. The fraction of sp³-hybridized carbons (Fsp3) is 0.462. The Kier molecular flexibility index (Phi) is 4.03. The summed E-state index contributed by atoms with van der Waals surface area (Å²) in [5.41, 5.74) is 4.16. The molecular weight excluding hydrogens is 461 g/mol. The second kappa shape index (κ2) is 7.03. The molecule has 0 amide bonds. The van der Waals surface area contributed by atoms with E-state index in [9.17, 15) is 9.18 Å². The quantitative estimate of drug-likeness (QED) is 0.427. The van der Waals surface area contributed by atoms with Crippen molar-refractivity contribution in [3.63, 3.8) is 0 Å². The fourth-order valence-corrected chi connectivity index (χ4v) is 5.68. The molecule has 4 heterocycles. The van der Waals surface area contributed by atoms with Crippen LogP contribution < -0.4 is 16.2 Å². The topological polar surface area (TPSA) is 103 Å². The third-order valence-corrected chi connectivity index (χ3v) is 8.33. The molecule has 9 nitrogen and oxygen atoms in total. The van der Waals surface area contributed by atoms with Gasteiger partial charge in [0.25, 0.3) is 5.56 Å². The summed E-state index contributed by atoms with van der Waals surface area (Å²) < 4.78 is 22.8. The van der Waals surface area contributed by atoms with E-state index in [0.29, 0.717) is 22.7 Å². The Labute approximate surface area is 205 Å². The van der Waals surface area contributed by atoms with Crippen LogP contribution in [-0.4, -0.2) is 37.5 Å². The number of alkyl halides is 1. The summed E-state index contributed by atoms with van der Waals surface area (Å²) in [6.07, 6.45) is 9.78. The Morgan fingerprint density at radius 1 is 1.19 bits per heavy atom. The minimum atomic E-state index is -0.544. The van der Waals surface area contributed by atoms with Crippen molar-refractivity contribution >= 4 is 22.7 Å². The highest BCUT2D eigenvalue weighted by Gasteiger charge is 2.48. The van der Waals surface area contributed by atoms with E-state index < -0.39 is 12.1 Å². The van der Waals surface area contributed by atoms with E-state index in [2.05, 4.69) is 38.8 Å². The number of oxazole rings is 1. The molecule has 184 valence electrons. The molecule has 1 aromatic carbocycles. The van der Waals surface area contributed by atoms with Gasteiger partial charge in [-0.3, -0.25) is 9.18 Å². The van der Waals surface area contributed by atoms with Crippen molar-refractivity contribution in [2.45, 2.75) is 61.9 Å². The lowest BCUT2D eigenvalue weighted by Gasteiger charge is -2.27. The number of benzene rings is 1. The van der Waals surface area contributed by atoms with Gasteiger partial charge >= 0.3 is 6.01 Å². The Hall–Kier alpha value is -3.53. The number of nitrogens with zero attached hydrogens (tertiary/aromatic N) is 5. The minimum Gasteiger partial charge on any atom is -0.430 e. The van der Waals surface area contributed by atoms with Crippen LogP contribution in [0, 0.1) is 0 Å². The maximum absolute atomic E-state index is 13.6. The van der Waals surface area contributed by atoms with Crippen molar-refractivity contribution in [3.8, 4) is 6.01 Å². The van der Waals surface area contributed by atoms with Crippen LogP contribution in [0.25, 0.3) is 17.0 Å². The van der Waals surface area contributed by atoms with Crippen LogP contribution in [-0.2, 0) is 17.4 Å². The molecule has 1 aliphatic heterocycles. The first-order valence-corrected chi connectivity index (χ1v) is 12.8. The van der Waals surface area contributed by atoms with Crippen LogP contribution in [0.15, 0.2) is 39.9 Å². The van der Waals surface area contributed by atoms with Crippen molar-refractivity contribution in [3.05, 3.63) is 57.8 Å². The third-order valence-electron chi connectivity index (χ3n) is 8.33. The number of hydrogen-bond donors (Lipinski definition) is 2. The van der Waals surface area contributed by atoms with Crippen LogP contribution in [0.5, 0.6) is 0 Å². The molecule has 0 saturated heterocycles. The summed E-state index contributed by atoms with van der Waals surface area (Å²) in [7, 11) is 0. The maximum Gasteiger partial charge on any atom is 0.323 e. The van der Waals surface area contributed by atoms with E-state index in [4.69, 9.17) is 9.40 Å².